The summed E-state index contributed by atoms with van der Waals surface area (Å²) in [6, 6.07) is 0. The Labute approximate surface area is 126 Å². The third-order valence-electron chi connectivity index (χ3n) is 2.32. The largest absolute Gasteiger partial charge is 0.481 e. The van der Waals surface area contributed by atoms with E-state index in [0.29, 0.717) is 16.3 Å². The Balaban J connectivity index is 2.55. The normalized spacial score (nSPS) is 12.5. The molecule has 0 aliphatic heterocycles. The number of anilines is 1. The standard InChI is InChI=1S/C13H18N2O5S/c1-13(2,3)20-10(17)4-8(11(18)19)5-14-12-15-6-9(7-16)21-12/h6-8H,4-5H2,1-3H3,(H,14,15)(H,18,19)/t8-/m0/s1. The van der Waals surface area contributed by atoms with Crippen molar-refractivity contribution in [1.29, 1.82) is 0 Å². The maximum atomic E-state index is 11.7. The van der Waals surface area contributed by atoms with E-state index in [0.717, 1.165) is 11.3 Å². The number of carbonyl (C=O) groups excluding carboxylic acids is 2. The number of carbonyl (C=O) groups is 3. The second-order valence-electron chi connectivity index (χ2n) is 5.39. The van der Waals surface area contributed by atoms with Crippen molar-refractivity contribution in [1.82, 2.24) is 4.98 Å². The summed E-state index contributed by atoms with van der Waals surface area (Å²) in [6.07, 6.45) is 1.83. The predicted octanol–water partition coefficient (Wildman–Crippen LogP) is 1.80. The van der Waals surface area contributed by atoms with Crippen LogP contribution in [0.4, 0.5) is 5.13 Å². The molecule has 0 unspecified atom stereocenters. The summed E-state index contributed by atoms with van der Waals surface area (Å²) in [5.41, 5.74) is -0.651. The molecule has 116 valence electrons. The van der Waals surface area contributed by atoms with E-state index in [1.54, 1.807) is 20.8 Å². The van der Waals surface area contributed by atoms with Crippen LogP contribution in [0.3, 0.4) is 0 Å². The number of hydrogen-bond donors (Lipinski definition) is 2. The number of rotatable bonds is 7. The minimum absolute atomic E-state index is 0.0282. The van der Waals surface area contributed by atoms with Gasteiger partial charge in [0.15, 0.2) is 11.4 Å². The Bertz CT molecular complexity index is 521. The second-order valence-corrected chi connectivity index (χ2v) is 6.45. The molecule has 0 aliphatic rings. The quantitative estimate of drug-likeness (QED) is 0.584. The molecule has 7 nitrogen and oxygen atoms in total. The van der Waals surface area contributed by atoms with Gasteiger partial charge in [-0.2, -0.15) is 0 Å². The zero-order valence-corrected chi connectivity index (χ0v) is 12.9. The van der Waals surface area contributed by atoms with Crippen LogP contribution in [0, 0.1) is 5.92 Å². The molecule has 0 saturated carbocycles. The fourth-order valence-electron chi connectivity index (χ4n) is 1.46. The molecule has 1 aromatic heterocycles. The van der Waals surface area contributed by atoms with Gasteiger partial charge in [0.1, 0.15) is 5.60 Å². The first kappa shape index (κ1) is 17.1. The van der Waals surface area contributed by atoms with Gasteiger partial charge < -0.3 is 15.2 Å². The van der Waals surface area contributed by atoms with Gasteiger partial charge in [0.05, 0.1) is 23.4 Å². The highest BCUT2D eigenvalue weighted by Gasteiger charge is 2.25. The monoisotopic (exact) mass is 314 g/mol. The summed E-state index contributed by atoms with van der Waals surface area (Å²) in [7, 11) is 0. The molecular formula is C13H18N2O5S. The van der Waals surface area contributed by atoms with Crippen molar-refractivity contribution in [3.05, 3.63) is 11.1 Å². The Morgan fingerprint density at radius 3 is 2.67 bits per heavy atom. The smallest absolute Gasteiger partial charge is 0.308 e. The molecule has 2 N–H and O–H groups in total. The summed E-state index contributed by atoms with van der Waals surface area (Å²) >= 11 is 1.12. The number of esters is 1. The average Bonchev–Trinajstić information content (AvgIpc) is 2.79. The van der Waals surface area contributed by atoms with Gasteiger partial charge in [0.25, 0.3) is 0 Å². The van der Waals surface area contributed by atoms with Gasteiger partial charge in [-0.1, -0.05) is 11.3 Å². The van der Waals surface area contributed by atoms with E-state index in [-0.39, 0.29) is 13.0 Å². The molecule has 0 radical (unpaired) electrons. The SMILES string of the molecule is CC(C)(C)OC(=O)C[C@@H](CNc1ncc(C=O)s1)C(=O)O. The number of aliphatic carboxylic acids is 1. The maximum absolute atomic E-state index is 11.7. The summed E-state index contributed by atoms with van der Waals surface area (Å²) in [5, 5.41) is 12.4. The first-order valence-corrected chi connectivity index (χ1v) is 7.12. The van der Waals surface area contributed by atoms with Crippen LogP contribution in [0.1, 0.15) is 36.9 Å². The molecule has 0 aromatic carbocycles. The van der Waals surface area contributed by atoms with Crippen molar-refractivity contribution in [2.75, 3.05) is 11.9 Å². The molecule has 0 fully saturated rings. The lowest BCUT2D eigenvalue weighted by atomic mass is 10.1. The molecular weight excluding hydrogens is 296 g/mol. The van der Waals surface area contributed by atoms with E-state index < -0.39 is 23.5 Å². The number of nitrogens with zero attached hydrogens (tertiary/aromatic N) is 1. The number of aromatic nitrogens is 1. The number of hydrogen-bond acceptors (Lipinski definition) is 7. The van der Waals surface area contributed by atoms with Crippen LogP contribution in [-0.2, 0) is 14.3 Å². The Hall–Kier alpha value is -1.96. The predicted molar refractivity (Wildman–Crippen MR) is 77.6 cm³/mol. The number of nitrogens with one attached hydrogen (secondary N) is 1. The molecule has 0 amide bonds. The minimum atomic E-state index is -1.10. The van der Waals surface area contributed by atoms with E-state index in [1.165, 1.54) is 6.20 Å². The number of ether oxygens (including phenoxy) is 1. The second kappa shape index (κ2) is 7.16. The lowest BCUT2D eigenvalue weighted by Crippen LogP contribution is -2.30. The third kappa shape index (κ3) is 6.35. The molecule has 1 aromatic rings. The zero-order valence-electron chi connectivity index (χ0n) is 12.1. The highest BCUT2D eigenvalue weighted by Crippen LogP contribution is 2.18. The average molecular weight is 314 g/mol. The van der Waals surface area contributed by atoms with Crippen LogP contribution in [-0.4, -0.2) is 40.5 Å². The number of thiazole rings is 1. The van der Waals surface area contributed by atoms with Crippen molar-refractivity contribution < 1.29 is 24.2 Å². The Morgan fingerprint density at radius 2 is 2.19 bits per heavy atom. The molecule has 0 aliphatic carbocycles. The highest BCUT2D eigenvalue weighted by molar-refractivity contribution is 7.17. The molecule has 8 heteroatoms. The minimum Gasteiger partial charge on any atom is -0.481 e. The van der Waals surface area contributed by atoms with Gasteiger partial charge in [-0.15, -0.1) is 0 Å². The lowest BCUT2D eigenvalue weighted by Gasteiger charge is -2.21. The molecule has 0 bridgehead atoms. The number of aldehydes is 1. The summed E-state index contributed by atoms with van der Waals surface area (Å²) in [4.78, 5) is 37.7. The molecule has 0 saturated heterocycles. The van der Waals surface area contributed by atoms with Crippen molar-refractivity contribution >= 4 is 34.7 Å². The van der Waals surface area contributed by atoms with Crippen molar-refractivity contribution in [2.24, 2.45) is 5.92 Å². The fraction of sp³-hybridized carbons (Fsp3) is 0.538. The fourth-order valence-corrected chi connectivity index (χ4v) is 2.10. The maximum Gasteiger partial charge on any atom is 0.308 e. The number of carboxylic acids is 1. The first-order valence-electron chi connectivity index (χ1n) is 6.31. The van der Waals surface area contributed by atoms with Gasteiger partial charge in [-0.05, 0) is 20.8 Å². The van der Waals surface area contributed by atoms with Gasteiger partial charge in [-0.3, -0.25) is 14.4 Å². The summed E-state index contributed by atoms with van der Waals surface area (Å²) in [5.74, 6) is -2.59. The molecule has 1 atom stereocenters. The molecule has 0 spiro atoms. The zero-order chi connectivity index (χ0) is 16.0. The summed E-state index contributed by atoms with van der Waals surface area (Å²) in [6.45, 7) is 5.18. The molecule has 1 rings (SSSR count). The van der Waals surface area contributed by atoms with Crippen LogP contribution in [0.5, 0.6) is 0 Å². The van der Waals surface area contributed by atoms with Crippen molar-refractivity contribution in [3.8, 4) is 0 Å². The van der Waals surface area contributed by atoms with Crippen LogP contribution < -0.4 is 5.32 Å². The van der Waals surface area contributed by atoms with Gasteiger partial charge >= 0.3 is 11.9 Å². The highest BCUT2D eigenvalue weighted by atomic mass is 32.1. The van der Waals surface area contributed by atoms with Gasteiger partial charge in [0.2, 0.25) is 0 Å². The van der Waals surface area contributed by atoms with Crippen LogP contribution >= 0.6 is 11.3 Å². The van der Waals surface area contributed by atoms with E-state index in [1.807, 2.05) is 0 Å². The molecule has 1 heterocycles. The lowest BCUT2D eigenvalue weighted by molar-refractivity contribution is -0.159. The third-order valence-corrected chi connectivity index (χ3v) is 3.20. The topological polar surface area (TPSA) is 106 Å². The number of carboxylic acid groups (broad SMARTS) is 1. The van der Waals surface area contributed by atoms with E-state index in [4.69, 9.17) is 9.84 Å². The van der Waals surface area contributed by atoms with Crippen LogP contribution in [0.15, 0.2) is 6.20 Å². The van der Waals surface area contributed by atoms with E-state index in [2.05, 4.69) is 10.3 Å². The van der Waals surface area contributed by atoms with Crippen molar-refractivity contribution in [2.45, 2.75) is 32.8 Å². The van der Waals surface area contributed by atoms with E-state index in [9.17, 15) is 14.4 Å². The molecule has 21 heavy (non-hydrogen) atoms. The van der Waals surface area contributed by atoms with Crippen molar-refractivity contribution in [3.63, 3.8) is 0 Å². The van der Waals surface area contributed by atoms with Crippen LogP contribution in [0.25, 0.3) is 0 Å². The first-order chi connectivity index (χ1) is 9.71. The summed E-state index contributed by atoms with van der Waals surface area (Å²) < 4.78 is 5.10. The Morgan fingerprint density at radius 1 is 1.52 bits per heavy atom. The van der Waals surface area contributed by atoms with Gasteiger partial charge in [-0.25, -0.2) is 4.98 Å². The van der Waals surface area contributed by atoms with E-state index >= 15 is 0 Å². The van der Waals surface area contributed by atoms with Crippen LogP contribution in [0.2, 0.25) is 0 Å². The Kier molecular flexibility index (Phi) is 5.83. The van der Waals surface area contributed by atoms with Gasteiger partial charge in [0, 0.05) is 6.54 Å².